The minimum atomic E-state index is -4.24. The van der Waals surface area contributed by atoms with Gasteiger partial charge in [0, 0.05) is 12.4 Å². The fourth-order valence-corrected chi connectivity index (χ4v) is 5.51. The van der Waals surface area contributed by atoms with Crippen LogP contribution in [0.25, 0.3) is 11.6 Å². The summed E-state index contributed by atoms with van der Waals surface area (Å²) in [5, 5.41) is 16.7. The van der Waals surface area contributed by atoms with E-state index in [-0.39, 0.29) is 77.0 Å². The number of anilines is 1. The summed E-state index contributed by atoms with van der Waals surface area (Å²) in [5.41, 5.74) is 0.749. The van der Waals surface area contributed by atoms with E-state index in [4.69, 9.17) is 34.1 Å². The Bertz CT molecular complexity index is 1840. The Hall–Kier alpha value is -5.14. The molecule has 0 radical (unpaired) electrons. The standard InChI is InChI=1S/C34H42N6O11S/c1-34(2,3)24-14-16-25(17-15-24)52(44,45)39-29-28(51-27-13-8-7-12-26(27)46-4)32(38-31(37-29)30-35-18-11-19-36-30)47-22-23-49-33(41)48-20-9-5-6-10-21-50-40(42)43/h7-8,11-19,42-43H,5-6,9-10,20-23H2,1-4H3,(H,37,38,39). The van der Waals surface area contributed by atoms with Crippen LogP contribution in [0.1, 0.15) is 52.0 Å². The van der Waals surface area contributed by atoms with E-state index >= 15 is 0 Å². The third-order valence-corrected chi connectivity index (χ3v) is 8.51. The van der Waals surface area contributed by atoms with E-state index < -0.39 is 16.2 Å². The van der Waals surface area contributed by atoms with Crippen molar-refractivity contribution in [3.8, 4) is 34.8 Å². The normalized spacial score (nSPS) is 11.6. The van der Waals surface area contributed by atoms with Crippen LogP contribution in [0.15, 0.2) is 71.9 Å². The molecule has 0 amide bonds. The second-order valence-electron chi connectivity index (χ2n) is 12.0. The maximum atomic E-state index is 13.8. The topological polar surface area (TPSA) is 214 Å². The Morgan fingerprint density at radius 3 is 2.12 bits per heavy atom. The molecule has 52 heavy (non-hydrogen) atoms. The van der Waals surface area contributed by atoms with E-state index in [1.54, 1.807) is 42.5 Å². The summed E-state index contributed by atoms with van der Waals surface area (Å²) >= 11 is 0. The predicted octanol–water partition coefficient (Wildman–Crippen LogP) is 5.94. The minimum Gasteiger partial charge on any atom is -0.493 e. The van der Waals surface area contributed by atoms with E-state index in [1.807, 2.05) is 20.8 Å². The van der Waals surface area contributed by atoms with Gasteiger partial charge < -0.3 is 23.7 Å². The van der Waals surface area contributed by atoms with Gasteiger partial charge in [0.25, 0.3) is 15.9 Å². The van der Waals surface area contributed by atoms with Crippen LogP contribution in [-0.4, -0.2) is 83.9 Å². The van der Waals surface area contributed by atoms with Crippen LogP contribution in [-0.2, 0) is 29.7 Å². The van der Waals surface area contributed by atoms with Gasteiger partial charge in [0.05, 0.1) is 30.6 Å². The minimum absolute atomic E-state index is 0.0250. The summed E-state index contributed by atoms with van der Waals surface area (Å²) in [5.74, 6) is -0.184. The van der Waals surface area contributed by atoms with Crippen LogP contribution in [0.2, 0.25) is 0 Å². The lowest BCUT2D eigenvalue weighted by Crippen LogP contribution is -2.18. The Morgan fingerprint density at radius 2 is 1.46 bits per heavy atom. The van der Waals surface area contributed by atoms with Gasteiger partial charge in [0.1, 0.15) is 13.2 Å². The molecule has 0 atom stereocenters. The summed E-state index contributed by atoms with van der Waals surface area (Å²) in [4.78, 5) is 33.9. The summed E-state index contributed by atoms with van der Waals surface area (Å²) in [6, 6.07) is 14.8. The van der Waals surface area contributed by atoms with Gasteiger partial charge in [-0.3, -0.25) is 20.0 Å². The average molecular weight is 743 g/mol. The van der Waals surface area contributed by atoms with Crippen molar-refractivity contribution in [2.24, 2.45) is 0 Å². The number of nitrogens with one attached hydrogen (secondary N) is 1. The Labute approximate surface area is 301 Å². The van der Waals surface area contributed by atoms with Gasteiger partial charge in [-0.1, -0.05) is 51.5 Å². The zero-order valence-corrected chi connectivity index (χ0v) is 30.0. The summed E-state index contributed by atoms with van der Waals surface area (Å²) in [6.07, 6.45) is 4.60. The molecule has 2 aromatic heterocycles. The highest BCUT2D eigenvalue weighted by Crippen LogP contribution is 2.41. The molecule has 0 spiro atoms. The number of unbranched alkanes of at least 4 members (excludes halogenated alkanes) is 3. The zero-order chi connectivity index (χ0) is 37.6. The van der Waals surface area contributed by atoms with Gasteiger partial charge >= 0.3 is 6.16 Å². The van der Waals surface area contributed by atoms with Crippen molar-refractivity contribution in [3.63, 3.8) is 0 Å². The number of hydrogen-bond donors (Lipinski definition) is 3. The van der Waals surface area contributed by atoms with Crippen LogP contribution in [0.4, 0.5) is 10.6 Å². The second kappa shape index (κ2) is 18.9. The molecule has 0 aliphatic heterocycles. The molecule has 18 heteroatoms. The first-order valence-corrected chi connectivity index (χ1v) is 17.7. The molecule has 2 aromatic carbocycles. The quantitative estimate of drug-likeness (QED) is 0.0576. The molecule has 3 N–H and O–H groups in total. The summed E-state index contributed by atoms with van der Waals surface area (Å²) in [6.45, 7) is 5.81. The van der Waals surface area contributed by atoms with Gasteiger partial charge in [-0.2, -0.15) is 4.98 Å². The largest absolute Gasteiger partial charge is 0.508 e. The molecule has 0 saturated heterocycles. The Balaban J connectivity index is 1.56. The van der Waals surface area contributed by atoms with Crippen LogP contribution in [0, 0.1) is 0 Å². The molecule has 0 aliphatic rings. The zero-order valence-electron chi connectivity index (χ0n) is 29.2. The number of hydrogen-bond acceptors (Lipinski definition) is 16. The third kappa shape index (κ3) is 12.0. The lowest BCUT2D eigenvalue weighted by atomic mass is 9.87. The van der Waals surface area contributed by atoms with Crippen LogP contribution in [0.3, 0.4) is 0 Å². The summed E-state index contributed by atoms with van der Waals surface area (Å²) < 4.78 is 57.8. The lowest BCUT2D eigenvalue weighted by molar-refractivity contribution is -0.492. The second-order valence-corrected chi connectivity index (χ2v) is 13.7. The van der Waals surface area contributed by atoms with Gasteiger partial charge in [0.2, 0.25) is 11.6 Å². The maximum absolute atomic E-state index is 13.8. The summed E-state index contributed by atoms with van der Waals surface area (Å²) in [7, 11) is -2.79. The third-order valence-electron chi connectivity index (χ3n) is 7.15. The van der Waals surface area contributed by atoms with E-state index in [0.29, 0.717) is 25.0 Å². The number of methoxy groups -OCH3 is 1. The first-order chi connectivity index (χ1) is 24.9. The van der Waals surface area contributed by atoms with Crippen molar-refractivity contribution in [1.29, 1.82) is 0 Å². The molecular weight excluding hydrogens is 700 g/mol. The average Bonchev–Trinajstić information content (AvgIpc) is 3.12. The van der Waals surface area contributed by atoms with Gasteiger partial charge in [-0.15, -0.1) is 0 Å². The number of benzene rings is 2. The van der Waals surface area contributed by atoms with E-state index in [1.165, 1.54) is 31.6 Å². The molecule has 4 aromatic rings. The predicted molar refractivity (Wildman–Crippen MR) is 185 cm³/mol. The molecule has 0 aliphatic carbocycles. The molecule has 0 saturated carbocycles. The Kier molecular flexibility index (Phi) is 14.4. The highest BCUT2D eigenvalue weighted by atomic mass is 32.2. The molecule has 0 bridgehead atoms. The van der Waals surface area contributed by atoms with Crippen molar-refractivity contribution < 1.29 is 52.1 Å². The number of rotatable bonds is 19. The fourth-order valence-electron chi connectivity index (χ4n) is 4.50. The van der Waals surface area contributed by atoms with Crippen molar-refractivity contribution >= 4 is 22.0 Å². The highest BCUT2D eigenvalue weighted by Gasteiger charge is 2.26. The number of carbonyl (C=O) groups excluding carboxylic acids is 1. The maximum Gasteiger partial charge on any atom is 0.508 e. The molecule has 0 fully saturated rings. The smallest absolute Gasteiger partial charge is 0.493 e. The van der Waals surface area contributed by atoms with Crippen LogP contribution in [0.5, 0.6) is 23.1 Å². The van der Waals surface area contributed by atoms with Crippen LogP contribution >= 0.6 is 0 Å². The number of aromatic nitrogens is 4. The SMILES string of the molecule is COc1ccccc1Oc1c(NS(=O)(=O)c2ccc(C(C)(C)C)cc2)nc(-c2ncccn2)nc1OCCOC(=O)OCCCCCCON(O)O. The monoisotopic (exact) mass is 742 g/mol. The number of carbonyl (C=O) groups is 1. The molecule has 2 heterocycles. The van der Waals surface area contributed by atoms with E-state index in [0.717, 1.165) is 12.0 Å². The number of nitrogens with zero attached hydrogens (tertiary/aromatic N) is 5. The lowest BCUT2D eigenvalue weighted by Gasteiger charge is -2.20. The highest BCUT2D eigenvalue weighted by molar-refractivity contribution is 7.92. The first kappa shape index (κ1) is 39.6. The van der Waals surface area contributed by atoms with E-state index in [9.17, 15) is 13.2 Å². The Morgan fingerprint density at radius 1 is 0.808 bits per heavy atom. The van der Waals surface area contributed by atoms with Gasteiger partial charge in [-0.25, -0.2) is 28.2 Å². The molecule has 17 nitrogen and oxygen atoms in total. The molecule has 4 rings (SSSR count). The number of ether oxygens (including phenoxy) is 5. The van der Waals surface area contributed by atoms with Gasteiger partial charge in [0.15, 0.2) is 23.1 Å². The van der Waals surface area contributed by atoms with Crippen molar-refractivity contribution in [2.45, 2.75) is 56.8 Å². The fraction of sp³-hybridized carbons (Fsp3) is 0.382. The van der Waals surface area contributed by atoms with Crippen molar-refractivity contribution in [1.82, 2.24) is 25.3 Å². The molecule has 280 valence electrons. The number of para-hydroxylation sites is 2. The van der Waals surface area contributed by atoms with Gasteiger partial charge in [-0.05, 0) is 60.6 Å². The van der Waals surface area contributed by atoms with E-state index in [2.05, 4.69) is 29.5 Å². The number of sulfonamides is 1. The van der Waals surface area contributed by atoms with Crippen molar-refractivity contribution in [3.05, 3.63) is 72.6 Å². The molecule has 0 unspecified atom stereocenters. The first-order valence-electron chi connectivity index (χ1n) is 16.2. The van der Waals surface area contributed by atoms with Crippen LogP contribution < -0.4 is 18.9 Å². The van der Waals surface area contributed by atoms with Crippen molar-refractivity contribution in [2.75, 3.05) is 38.3 Å². The molecular formula is C34H42N6O11S.